The summed E-state index contributed by atoms with van der Waals surface area (Å²) in [6.45, 7) is 1.05. The number of amides is 2. The molecule has 0 radical (unpaired) electrons. The zero-order chi connectivity index (χ0) is 23.0. The fourth-order valence-corrected chi connectivity index (χ4v) is 4.58. The van der Waals surface area contributed by atoms with Gasteiger partial charge in [-0.2, -0.15) is 8.42 Å². The second-order valence-corrected chi connectivity index (χ2v) is 9.38. The number of hydrogen-bond acceptors (Lipinski definition) is 5. The molecule has 0 spiro atoms. The van der Waals surface area contributed by atoms with Gasteiger partial charge in [0.2, 0.25) is 0 Å². The van der Waals surface area contributed by atoms with Crippen LogP contribution in [-0.4, -0.2) is 45.7 Å². The van der Waals surface area contributed by atoms with Gasteiger partial charge in [-0.15, -0.1) is 0 Å². The van der Waals surface area contributed by atoms with E-state index in [1.54, 1.807) is 30.2 Å². The van der Waals surface area contributed by atoms with Crippen LogP contribution >= 0.6 is 0 Å². The summed E-state index contributed by atoms with van der Waals surface area (Å²) < 4.78 is 48.4. The summed E-state index contributed by atoms with van der Waals surface area (Å²) in [4.78, 5) is 14.4. The van der Waals surface area contributed by atoms with E-state index in [4.69, 9.17) is 8.92 Å². The number of methoxy groups -OCH3 is 1. The van der Waals surface area contributed by atoms with Crippen molar-refractivity contribution in [1.29, 1.82) is 0 Å². The van der Waals surface area contributed by atoms with Crippen LogP contribution in [0.4, 0.5) is 9.18 Å². The van der Waals surface area contributed by atoms with Gasteiger partial charge >= 0.3 is 16.1 Å². The summed E-state index contributed by atoms with van der Waals surface area (Å²) in [7, 11) is -2.53. The maximum absolute atomic E-state index is 13.1. The second kappa shape index (κ2) is 11.3. The SMILES string of the molecule is COCCN(Cc1cccc(OS(=O)(=O)c2ccc(F)cc2)c1)C(=O)NC1CCCCC1. The Hall–Kier alpha value is -2.65. The molecule has 0 unspecified atom stereocenters. The number of nitrogens with one attached hydrogen (secondary N) is 1. The minimum Gasteiger partial charge on any atom is -0.383 e. The molecule has 32 heavy (non-hydrogen) atoms. The Kier molecular flexibility index (Phi) is 8.46. The van der Waals surface area contributed by atoms with E-state index in [0.29, 0.717) is 18.7 Å². The molecule has 174 valence electrons. The predicted octanol–water partition coefficient (Wildman–Crippen LogP) is 4.08. The minimum absolute atomic E-state index is 0.117. The molecule has 3 rings (SSSR count). The maximum Gasteiger partial charge on any atom is 0.339 e. The molecule has 2 aromatic carbocycles. The van der Waals surface area contributed by atoms with E-state index in [0.717, 1.165) is 49.9 Å². The Morgan fingerprint density at radius 3 is 2.53 bits per heavy atom. The molecule has 0 atom stereocenters. The van der Waals surface area contributed by atoms with E-state index in [-0.39, 0.29) is 29.3 Å². The number of urea groups is 1. The van der Waals surface area contributed by atoms with Crippen LogP contribution in [0.15, 0.2) is 53.4 Å². The number of carbonyl (C=O) groups is 1. The Morgan fingerprint density at radius 2 is 1.84 bits per heavy atom. The molecule has 2 aromatic rings. The van der Waals surface area contributed by atoms with Crippen molar-refractivity contribution in [2.75, 3.05) is 20.3 Å². The number of ether oxygens (including phenoxy) is 1. The van der Waals surface area contributed by atoms with Crippen LogP contribution in [-0.2, 0) is 21.4 Å². The Morgan fingerprint density at radius 1 is 1.12 bits per heavy atom. The van der Waals surface area contributed by atoms with E-state index in [2.05, 4.69) is 5.32 Å². The summed E-state index contributed by atoms with van der Waals surface area (Å²) >= 11 is 0. The molecule has 0 aromatic heterocycles. The first kappa shape index (κ1) is 24.0. The van der Waals surface area contributed by atoms with Crippen LogP contribution in [0.25, 0.3) is 0 Å². The molecule has 1 fully saturated rings. The molecule has 0 saturated heterocycles. The van der Waals surface area contributed by atoms with Gasteiger partial charge in [-0.05, 0) is 54.8 Å². The minimum atomic E-state index is -4.10. The number of hydrogen-bond donors (Lipinski definition) is 1. The highest BCUT2D eigenvalue weighted by molar-refractivity contribution is 7.87. The molecule has 1 saturated carbocycles. The first-order chi connectivity index (χ1) is 15.4. The number of benzene rings is 2. The van der Waals surface area contributed by atoms with E-state index in [1.165, 1.54) is 12.5 Å². The van der Waals surface area contributed by atoms with Gasteiger partial charge in [-0.3, -0.25) is 0 Å². The second-order valence-electron chi connectivity index (χ2n) is 7.84. The smallest absolute Gasteiger partial charge is 0.339 e. The molecule has 1 N–H and O–H groups in total. The van der Waals surface area contributed by atoms with Crippen molar-refractivity contribution in [3.63, 3.8) is 0 Å². The molecule has 0 bridgehead atoms. The van der Waals surface area contributed by atoms with Crippen LogP contribution in [0.5, 0.6) is 5.75 Å². The summed E-state index contributed by atoms with van der Waals surface area (Å²) in [5.74, 6) is -0.417. The largest absolute Gasteiger partial charge is 0.383 e. The summed E-state index contributed by atoms with van der Waals surface area (Å²) in [5.41, 5.74) is 0.715. The van der Waals surface area contributed by atoms with E-state index < -0.39 is 15.9 Å². The standard InChI is InChI=1S/C23H29FN2O5S/c1-30-15-14-26(23(27)25-20-7-3-2-4-8-20)17-18-6-5-9-21(16-18)31-32(28,29)22-12-10-19(24)11-13-22/h5-6,9-13,16,20H,2-4,7-8,14-15,17H2,1H3,(H,25,27). The average molecular weight is 465 g/mol. The number of rotatable bonds is 9. The van der Waals surface area contributed by atoms with Gasteiger partial charge in [0.05, 0.1) is 6.61 Å². The quantitative estimate of drug-likeness (QED) is 0.565. The number of halogens is 1. The third kappa shape index (κ3) is 6.93. The monoisotopic (exact) mass is 464 g/mol. The van der Waals surface area contributed by atoms with Gasteiger partial charge in [0, 0.05) is 26.2 Å². The van der Waals surface area contributed by atoms with E-state index >= 15 is 0 Å². The van der Waals surface area contributed by atoms with Crippen molar-refractivity contribution in [1.82, 2.24) is 10.2 Å². The van der Waals surface area contributed by atoms with Crippen LogP contribution in [0.1, 0.15) is 37.7 Å². The van der Waals surface area contributed by atoms with Gasteiger partial charge in [-0.1, -0.05) is 31.4 Å². The van der Waals surface area contributed by atoms with Crippen LogP contribution in [0, 0.1) is 5.82 Å². The van der Waals surface area contributed by atoms with E-state index in [9.17, 15) is 17.6 Å². The lowest BCUT2D eigenvalue weighted by atomic mass is 9.96. The van der Waals surface area contributed by atoms with Gasteiger partial charge < -0.3 is 19.1 Å². The van der Waals surface area contributed by atoms with Crippen molar-refractivity contribution in [2.45, 2.75) is 49.6 Å². The highest BCUT2D eigenvalue weighted by atomic mass is 32.2. The van der Waals surface area contributed by atoms with Crippen LogP contribution in [0.2, 0.25) is 0 Å². The third-order valence-electron chi connectivity index (χ3n) is 5.37. The third-order valence-corrected chi connectivity index (χ3v) is 6.63. The molecule has 0 heterocycles. The van der Waals surface area contributed by atoms with Crippen molar-refractivity contribution in [3.8, 4) is 5.75 Å². The van der Waals surface area contributed by atoms with Gasteiger partial charge in [0.25, 0.3) is 0 Å². The predicted molar refractivity (Wildman–Crippen MR) is 118 cm³/mol. The highest BCUT2D eigenvalue weighted by Gasteiger charge is 2.21. The van der Waals surface area contributed by atoms with Crippen LogP contribution < -0.4 is 9.50 Å². The molecule has 9 heteroatoms. The average Bonchev–Trinajstić information content (AvgIpc) is 2.77. The molecule has 1 aliphatic carbocycles. The lowest BCUT2D eigenvalue weighted by molar-refractivity contribution is 0.143. The van der Waals surface area contributed by atoms with Crippen LogP contribution in [0.3, 0.4) is 0 Å². The van der Waals surface area contributed by atoms with Gasteiger partial charge in [0.15, 0.2) is 0 Å². The fraction of sp³-hybridized carbons (Fsp3) is 0.435. The topological polar surface area (TPSA) is 84.9 Å². The van der Waals surface area contributed by atoms with Crippen molar-refractivity contribution in [3.05, 3.63) is 59.9 Å². The van der Waals surface area contributed by atoms with E-state index in [1.807, 2.05) is 0 Å². The summed E-state index contributed by atoms with van der Waals surface area (Å²) in [5, 5.41) is 3.10. The first-order valence-electron chi connectivity index (χ1n) is 10.7. The molecule has 0 aliphatic heterocycles. The van der Waals surface area contributed by atoms with Crippen molar-refractivity contribution < 1.29 is 26.5 Å². The Labute approximate surface area is 188 Å². The van der Waals surface area contributed by atoms with Gasteiger partial charge in [-0.25, -0.2) is 9.18 Å². The maximum atomic E-state index is 13.1. The fourth-order valence-electron chi connectivity index (χ4n) is 3.66. The molecule has 1 aliphatic rings. The zero-order valence-corrected chi connectivity index (χ0v) is 18.9. The summed E-state index contributed by atoms with van der Waals surface area (Å²) in [6, 6.07) is 11.0. The Balaban J connectivity index is 1.69. The zero-order valence-electron chi connectivity index (χ0n) is 18.1. The molecule has 7 nitrogen and oxygen atoms in total. The number of nitrogens with zero attached hydrogens (tertiary/aromatic N) is 1. The number of carbonyl (C=O) groups excluding carboxylic acids is 1. The molecule has 2 amide bonds. The van der Waals surface area contributed by atoms with Gasteiger partial charge in [0.1, 0.15) is 16.5 Å². The lowest BCUT2D eigenvalue weighted by Gasteiger charge is -2.28. The molecular formula is C23H29FN2O5S. The highest BCUT2D eigenvalue weighted by Crippen LogP contribution is 2.22. The Bertz CT molecular complexity index is 992. The normalized spacial score (nSPS) is 14.7. The summed E-state index contributed by atoms with van der Waals surface area (Å²) in [6.07, 6.45) is 5.39. The van der Waals surface area contributed by atoms with Crippen molar-refractivity contribution >= 4 is 16.1 Å². The lowest BCUT2D eigenvalue weighted by Crippen LogP contribution is -2.46. The molecular weight excluding hydrogens is 435 g/mol. The first-order valence-corrected chi connectivity index (χ1v) is 12.1. The van der Waals surface area contributed by atoms with Crippen molar-refractivity contribution in [2.24, 2.45) is 0 Å².